The van der Waals surface area contributed by atoms with Gasteiger partial charge in [-0.25, -0.2) is 19.0 Å². The van der Waals surface area contributed by atoms with Gasteiger partial charge in [-0.15, -0.1) is 5.10 Å². The van der Waals surface area contributed by atoms with Gasteiger partial charge in [0.15, 0.2) is 17.3 Å². The number of amides is 1. The van der Waals surface area contributed by atoms with Crippen molar-refractivity contribution in [2.45, 2.75) is 26.3 Å². The first-order valence-corrected chi connectivity index (χ1v) is 13.0. The van der Waals surface area contributed by atoms with Crippen LogP contribution in [0.3, 0.4) is 0 Å². The Bertz CT molecular complexity index is 1410. The summed E-state index contributed by atoms with van der Waals surface area (Å²) in [5.41, 5.74) is 0.997. The molecule has 0 fully saturated rings. The lowest BCUT2D eigenvalue weighted by Crippen LogP contribution is -2.29. The predicted octanol–water partition coefficient (Wildman–Crippen LogP) is 3.22. The molecule has 1 amide bonds. The second-order valence-corrected chi connectivity index (χ2v) is 8.99. The minimum absolute atomic E-state index is 0.111. The second kappa shape index (κ2) is 14.1. The number of carbonyl (C=O) groups is 1. The molecule has 4 rings (SSSR count). The van der Waals surface area contributed by atoms with Crippen LogP contribution < -0.4 is 20.1 Å². The number of aromatic nitrogens is 5. The van der Waals surface area contributed by atoms with E-state index in [-0.39, 0.29) is 19.1 Å². The van der Waals surface area contributed by atoms with E-state index in [1.165, 1.54) is 29.2 Å². The van der Waals surface area contributed by atoms with Gasteiger partial charge in [0.05, 0.1) is 32.0 Å². The number of aliphatic hydroxyl groups excluding tert-OH is 1. The van der Waals surface area contributed by atoms with Crippen LogP contribution in [0.5, 0.6) is 11.5 Å². The molecule has 0 unspecified atom stereocenters. The normalized spacial score (nSPS) is 11.1. The number of hydrogen-bond acceptors (Lipinski definition) is 10. The summed E-state index contributed by atoms with van der Waals surface area (Å²) in [6, 6.07) is 9.23. The van der Waals surface area contributed by atoms with Crippen molar-refractivity contribution in [1.29, 1.82) is 0 Å². The largest absolute Gasteiger partial charge is 0.493 e. The lowest BCUT2D eigenvalue weighted by atomic mass is 10.2. The third-order valence-electron chi connectivity index (χ3n) is 5.95. The van der Waals surface area contributed by atoms with E-state index in [9.17, 15) is 14.3 Å². The Morgan fingerprint density at radius 2 is 2.02 bits per heavy atom. The number of nitrogens with one attached hydrogen (secondary N) is 2. The molecule has 0 aliphatic heterocycles. The average Bonchev–Trinajstić information content (AvgIpc) is 3.37. The Hall–Kier alpha value is -4.36. The number of halogens is 1. The zero-order valence-electron chi connectivity index (χ0n) is 22.5. The highest BCUT2D eigenvalue weighted by atomic mass is 19.1. The van der Waals surface area contributed by atoms with Gasteiger partial charge in [0, 0.05) is 30.2 Å². The molecule has 2 aromatic carbocycles. The maximum atomic E-state index is 13.4. The first-order valence-electron chi connectivity index (χ1n) is 13.0. The molecular weight excluding hydrogens is 519 g/mol. The second-order valence-electron chi connectivity index (χ2n) is 8.99. The van der Waals surface area contributed by atoms with E-state index in [1.54, 1.807) is 31.5 Å². The minimum Gasteiger partial charge on any atom is -0.493 e. The Morgan fingerprint density at radius 1 is 1.15 bits per heavy atom. The highest BCUT2D eigenvalue weighted by molar-refractivity contribution is 5.93. The summed E-state index contributed by atoms with van der Waals surface area (Å²) >= 11 is 0. The summed E-state index contributed by atoms with van der Waals surface area (Å²) in [5, 5.41) is 23.7. The number of benzene rings is 2. The van der Waals surface area contributed by atoms with E-state index < -0.39 is 5.82 Å². The van der Waals surface area contributed by atoms with Crippen molar-refractivity contribution >= 4 is 34.1 Å². The maximum absolute atomic E-state index is 13.4. The van der Waals surface area contributed by atoms with E-state index in [1.807, 2.05) is 0 Å². The SMILES string of the molecule is CCCN(CCO)CCCOc1cc2ncnc(Nc3cn(CC(=O)Nc4cccc(F)c4)nn3)c2cc1OC. The summed E-state index contributed by atoms with van der Waals surface area (Å²) in [7, 11) is 1.57. The van der Waals surface area contributed by atoms with E-state index in [0.29, 0.717) is 52.9 Å². The van der Waals surface area contributed by atoms with Crippen molar-refractivity contribution in [3.05, 3.63) is 54.7 Å². The molecule has 0 radical (unpaired) electrons. The lowest BCUT2D eigenvalue weighted by Gasteiger charge is -2.20. The molecule has 2 aromatic heterocycles. The van der Waals surface area contributed by atoms with Crippen LogP contribution in [-0.4, -0.2) is 80.8 Å². The van der Waals surface area contributed by atoms with Crippen molar-refractivity contribution in [3.8, 4) is 11.5 Å². The maximum Gasteiger partial charge on any atom is 0.246 e. The molecule has 0 atom stereocenters. The van der Waals surface area contributed by atoms with E-state index >= 15 is 0 Å². The number of methoxy groups -OCH3 is 1. The molecule has 0 bridgehead atoms. The van der Waals surface area contributed by atoms with Gasteiger partial charge < -0.3 is 30.1 Å². The molecule has 212 valence electrons. The smallest absolute Gasteiger partial charge is 0.246 e. The van der Waals surface area contributed by atoms with Crippen LogP contribution in [0.1, 0.15) is 19.8 Å². The van der Waals surface area contributed by atoms with Crippen molar-refractivity contribution in [2.75, 3.05) is 50.6 Å². The topological polar surface area (TPSA) is 140 Å². The quantitative estimate of drug-likeness (QED) is 0.188. The number of anilines is 3. The first-order chi connectivity index (χ1) is 19.5. The Morgan fingerprint density at radius 3 is 2.80 bits per heavy atom. The number of rotatable bonds is 15. The number of carbonyl (C=O) groups excluding carboxylic acids is 1. The molecule has 2 heterocycles. The summed E-state index contributed by atoms with van der Waals surface area (Å²) in [6.07, 6.45) is 4.81. The zero-order valence-corrected chi connectivity index (χ0v) is 22.5. The molecule has 13 heteroatoms. The van der Waals surface area contributed by atoms with Gasteiger partial charge in [-0.05, 0) is 43.7 Å². The van der Waals surface area contributed by atoms with Crippen LogP contribution >= 0.6 is 0 Å². The number of nitrogens with zero attached hydrogens (tertiary/aromatic N) is 6. The highest BCUT2D eigenvalue weighted by Gasteiger charge is 2.14. The monoisotopic (exact) mass is 552 g/mol. The van der Waals surface area contributed by atoms with Crippen LogP contribution in [0.25, 0.3) is 10.9 Å². The van der Waals surface area contributed by atoms with Crippen molar-refractivity contribution in [2.24, 2.45) is 0 Å². The lowest BCUT2D eigenvalue weighted by molar-refractivity contribution is -0.116. The Kier molecular flexibility index (Phi) is 10.1. The average molecular weight is 553 g/mol. The number of aliphatic hydroxyl groups is 1. The summed E-state index contributed by atoms with van der Waals surface area (Å²) in [4.78, 5) is 23.2. The molecular formula is C27H33FN8O4. The molecule has 0 saturated carbocycles. The van der Waals surface area contributed by atoms with Gasteiger partial charge in [0.25, 0.3) is 0 Å². The van der Waals surface area contributed by atoms with Crippen LogP contribution in [0.4, 0.5) is 21.7 Å². The molecule has 3 N–H and O–H groups in total. The Balaban J connectivity index is 1.40. The van der Waals surface area contributed by atoms with E-state index in [4.69, 9.17) is 9.47 Å². The molecule has 0 aliphatic carbocycles. The van der Waals surface area contributed by atoms with Gasteiger partial charge in [-0.2, -0.15) is 0 Å². The molecule has 4 aromatic rings. The fourth-order valence-electron chi connectivity index (χ4n) is 4.17. The summed E-state index contributed by atoms with van der Waals surface area (Å²) in [6.45, 7) is 5.03. The highest BCUT2D eigenvalue weighted by Crippen LogP contribution is 2.34. The number of hydrogen-bond donors (Lipinski definition) is 3. The van der Waals surface area contributed by atoms with Gasteiger partial charge in [0.1, 0.15) is 24.5 Å². The van der Waals surface area contributed by atoms with E-state index in [2.05, 4.69) is 42.7 Å². The molecule has 12 nitrogen and oxygen atoms in total. The fraction of sp³-hybridized carbons (Fsp3) is 0.370. The van der Waals surface area contributed by atoms with Gasteiger partial charge in [0.2, 0.25) is 5.91 Å². The summed E-state index contributed by atoms with van der Waals surface area (Å²) < 4.78 is 26.3. The van der Waals surface area contributed by atoms with Gasteiger partial charge in [-0.3, -0.25) is 4.79 Å². The minimum atomic E-state index is -0.439. The first kappa shape index (κ1) is 28.6. The Labute approximate surface area is 231 Å². The van der Waals surface area contributed by atoms with Crippen LogP contribution in [0.2, 0.25) is 0 Å². The fourth-order valence-corrected chi connectivity index (χ4v) is 4.17. The van der Waals surface area contributed by atoms with Crippen LogP contribution in [-0.2, 0) is 11.3 Å². The molecule has 0 saturated heterocycles. The third kappa shape index (κ3) is 7.83. The van der Waals surface area contributed by atoms with E-state index in [0.717, 1.165) is 25.9 Å². The number of fused-ring (bicyclic) bond motifs is 1. The van der Waals surface area contributed by atoms with Crippen molar-refractivity contribution in [3.63, 3.8) is 0 Å². The van der Waals surface area contributed by atoms with Crippen molar-refractivity contribution < 1.29 is 23.8 Å². The third-order valence-corrected chi connectivity index (χ3v) is 5.95. The molecule has 40 heavy (non-hydrogen) atoms. The van der Waals surface area contributed by atoms with Gasteiger partial charge in [-0.1, -0.05) is 18.2 Å². The van der Waals surface area contributed by atoms with Crippen LogP contribution in [0.15, 0.2) is 48.9 Å². The molecule has 0 aliphatic rings. The van der Waals surface area contributed by atoms with Crippen LogP contribution in [0, 0.1) is 5.82 Å². The van der Waals surface area contributed by atoms with Gasteiger partial charge >= 0.3 is 0 Å². The summed E-state index contributed by atoms with van der Waals surface area (Å²) in [5.74, 6) is 1.13. The standard InChI is InChI=1S/C27H33FN8O4/c1-3-8-35(10-11-37)9-5-12-40-24-15-22-21(14-23(24)39-2)27(30-18-29-22)32-25-16-36(34-33-25)17-26(38)31-20-7-4-6-19(28)13-20/h4,6-7,13-16,18,37H,3,5,8-12,17H2,1-2H3,(H,31,38)(H,29,30,32). The molecule has 0 spiro atoms. The number of ether oxygens (including phenoxy) is 2. The van der Waals surface area contributed by atoms with Crippen molar-refractivity contribution in [1.82, 2.24) is 29.9 Å². The predicted molar refractivity (Wildman–Crippen MR) is 148 cm³/mol. The zero-order chi connectivity index (χ0) is 28.3.